The summed E-state index contributed by atoms with van der Waals surface area (Å²) >= 11 is 12.2. The maximum atomic E-state index is 13.8. The molecule has 2 aromatic rings. The van der Waals surface area contributed by atoms with Crippen molar-refractivity contribution >= 4 is 23.2 Å². The van der Waals surface area contributed by atoms with Crippen LogP contribution in [0.4, 0.5) is 8.78 Å². The molecule has 0 saturated carbocycles. The van der Waals surface area contributed by atoms with Crippen LogP contribution in [-0.4, -0.2) is 6.54 Å². The molecule has 0 aromatic heterocycles. The van der Waals surface area contributed by atoms with E-state index in [-0.39, 0.29) is 18.0 Å². The smallest absolute Gasteiger partial charge is 0.129 e. The highest BCUT2D eigenvalue weighted by molar-refractivity contribution is 6.33. The Hall–Kier alpha value is -1.16. The molecule has 2 aromatic carbocycles. The Bertz CT molecular complexity index is 611. The highest BCUT2D eigenvalue weighted by Crippen LogP contribution is 2.29. The molecule has 21 heavy (non-hydrogen) atoms. The first kappa shape index (κ1) is 16.2. The van der Waals surface area contributed by atoms with Crippen LogP contribution in [0, 0.1) is 11.6 Å². The monoisotopic (exact) mass is 329 g/mol. The van der Waals surface area contributed by atoms with Gasteiger partial charge in [0.05, 0.1) is 0 Å². The SMILES string of the molecule is CCNC(Cc1c(F)cccc1F)c1cc(Cl)ccc1Cl. The second kappa shape index (κ2) is 7.21. The summed E-state index contributed by atoms with van der Waals surface area (Å²) in [7, 11) is 0. The molecule has 0 heterocycles. The van der Waals surface area contributed by atoms with Crippen LogP contribution in [0.3, 0.4) is 0 Å². The van der Waals surface area contributed by atoms with E-state index in [1.807, 2.05) is 6.92 Å². The Labute approximate surface area is 132 Å². The van der Waals surface area contributed by atoms with Crippen molar-refractivity contribution in [1.29, 1.82) is 0 Å². The minimum Gasteiger partial charge on any atom is -0.310 e. The number of likely N-dealkylation sites (N-methyl/N-ethyl adjacent to an activating group) is 1. The van der Waals surface area contributed by atoms with Crippen LogP contribution in [0.25, 0.3) is 0 Å². The van der Waals surface area contributed by atoms with Crippen molar-refractivity contribution in [2.45, 2.75) is 19.4 Å². The van der Waals surface area contributed by atoms with Gasteiger partial charge in [-0.05, 0) is 48.9 Å². The number of nitrogens with one attached hydrogen (secondary N) is 1. The summed E-state index contributed by atoms with van der Waals surface area (Å²) in [5.74, 6) is -1.12. The second-order valence-electron chi connectivity index (χ2n) is 4.68. The fourth-order valence-electron chi connectivity index (χ4n) is 2.25. The molecule has 0 fully saturated rings. The van der Waals surface area contributed by atoms with E-state index in [1.54, 1.807) is 18.2 Å². The molecule has 2 rings (SSSR count). The van der Waals surface area contributed by atoms with E-state index in [1.165, 1.54) is 18.2 Å². The third-order valence-corrected chi connectivity index (χ3v) is 3.83. The van der Waals surface area contributed by atoms with Gasteiger partial charge in [-0.15, -0.1) is 0 Å². The van der Waals surface area contributed by atoms with Gasteiger partial charge >= 0.3 is 0 Å². The molecule has 0 bridgehead atoms. The van der Waals surface area contributed by atoms with E-state index in [2.05, 4.69) is 5.32 Å². The molecule has 112 valence electrons. The topological polar surface area (TPSA) is 12.0 Å². The van der Waals surface area contributed by atoms with Gasteiger partial charge in [-0.25, -0.2) is 8.78 Å². The molecule has 5 heteroatoms. The van der Waals surface area contributed by atoms with Gasteiger partial charge in [0, 0.05) is 21.7 Å². The quantitative estimate of drug-likeness (QED) is 0.798. The Morgan fingerprint density at radius 1 is 1.10 bits per heavy atom. The molecule has 0 aliphatic heterocycles. The summed E-state index contributed by atoms with van der Waals surface area (Å²) in [6.45, 7) is 2.56. The van der Waals surface area contributed by atoms with E-state index in [4.69, 9.17) is 23.2 Å². The predicted molar refractivity (Wildman–Crippen MR) is 82.9 cm³/mol. The molecule has 0 radical (unpaired) electrons. The van der Waals surface area contributed by atoms with Crippen LogP contribution in [0.5, 0.6) is 0 Å². The van der Waals surface area contributed by atoms with Crippen molar-refractivity contribution in [1.82, 2.24) is 5.32 Å². The Morgan fingerprint density at radius 3 is 2.38 bits per heavy atom. The predicted octanol–water partition coefficient (Wildman–Crippen LogP) is 5.16. The summed E-state index contributed by atoms with van der Waals surface area (Å²) in [5, 5.41) is 4.24. The van der Waals surface area contributed by atoms with E-state index < -0.39 is 11.6 Å². The van der Waals surface area contributed by atoms with Crippen molar-refractivity contribution in [2.24, 2.45) is 0 Å². The zero-order chi connectivity index (χ0) is 15.4. The molecular formula is C16H15Cl2F2N. The Balaban J connectivity index is 2.38. The molecular weight excluding hydrogens is 315 g/mol. The third kappa shape index (κ3) is 3.94. The van der Waals surface area contributed by atoms with Crippen molar-refractivity contribution in [2.75, 3.05) is 6.54 Å². The molecule has 0 saturated heterocycles. The maximum Gasteiger partial charge on any atom is 0.129 e. The lowest BCUT2D eigenvalue weighted by atomic mass is 9.98. The first-order valence-electron chi connectivity index (χ1n) is 6.64. The van der Waals surface area contributed by atoms with Gasteiger partial charge in [0.2, 0.25) is 0 Å². The molecule has 0 aliphatic rings. The van der Waals surface area contributed by atoms with Crippen LogP contribution >= 0.6 is 23.2 Å². The van der Waals surface area contributed by atoms with Gasteiger partial charge < -0.3 is 5.32 Å². The summed E-state index contributed by atoms with van der Waals surface area (Å²) < 4.78 is 27.6. The minimum atomic E-state index is -0.559. The first-order valence-corrected chi connectivity index (χ1v) is 7.39. The lowest BCUT2D eigenvalue weighted by Crippen LogP contribution is -2.24. The van der Waals surface area contributed by atoms with Crippen LogP contribution in [0.2, 0.25) is 10.0 Å². The van der Waals surface area contributed by atoms with E-state index in [0.717, 1.165) is 5.56 Å². The molecule has 0 aliphatic carbocycles. The van der Waals surface area contributed by atoms with Crippen molar-refractivity contribution < 1.29 is 8.78 Å². The number of benzene rings is 2. The summed E-state index contributed by atoms with van der Waals surface area (Å²) in [5.41, 5.74) is 0.771. The summed E-state index contributed by atoms with van der Waals surface area (Å²) in [4.78, 5) is 0. The lowest BCUT2D eigenvalue weighted by Gasteiger charge is -2.20. The van der Waals surface area contributed by atoms with Crippen molar-refractivity contribution in [3.8, 4) is 0 Å². The number of hydrogen-bond donors (Lipinski definition) is 1. The summed E-state index contributed by atoms with van der Waals surface area (Å²) in [6.07, 6.45) is 0.159. The average molecular weight is 330 g/mol. The zero-order valence-electron chi connectivity index (χ0n) is 11.5. The fourth-order valence-corrected chi connectivity index (χ4v) is 2.68. The van der Waals surface area contributed by atoms with Gasteiger partial charge in [0.15, 0.2) is 0 Å². The van der Waals surface area contributed by atoms with Crippen LogP contribution in [0.1, 0.15) is 24.1 Å². The molecule has 0 amide bonds. The Morgan fingerprint density at radius 2 is 1.76 bits per heavy atom. The van der Waals surface area contributed by atoms with Crippen LogP contribution in [0.15, 0.2) is 36.4 Å². The van der Waals surface area contributed by atoms with Crippen molar-refractivity contribution in [3.05, 3.63) is 69.2 Å². The van der Waals surface area contributed by atoms with Gasteiger partial charge in [0.25, 0.3) is 0 Å². The van der Waals surface area contributed by atoms with Crippen molar-refractivity contribution in [3.63, 3.8) is 0 Å². The highest BCUT2D eigenvalue weighted by atomic mass is 35.5. The number of halogens is 4. The fraction of sp³-hybridized carbons (Fsp3) is 0.250. The average Bonchev–Trinajstić information content (AvgIpc) is 2.44. The van der Waals surface area contributed by atoms with Gasteiger partial charge in [-0.3, -0.25) is 0 Å². The highest BCUT2D eigenvalue weighted by Gasteiger charge is 2.19. The van der Waals surface area contributed by atoms with E-state index in [9.17, 15) is 8.78 Å². The molecule has 1 unspecified atom stereocenters. The number of rotatable bonds is 5. The van der Waals surface area contributed by atoms with E-state index >= 15 is 0 Å². The van der Waals surface area contributed by atoms with Gasteiger partial charge in [-0.1, -0.05) is 36.2 Å². The van der Waals surface area contributed by atoms with Gasteiger partial charge in [-0.2, -0.15) is 0 Å². The molecule has 1 nitrogen and oxygen atoms in total. The maximum absolute atomic E-state index is 13.8. The van der Waals surface area contributed by atoms with Crippen LogP contribution in [-0.2, 0) is 6.42 Å². The minimum absolute atomic E-state index is 0.0412. The van der Waals surface area contributed by atoms with E-state index in [0.29, 0.717) is 16.6 Å². The third-order valence-electron chi connectivity index (χ3n) is 3.25. The zero-order valence-corrected chi connectivity index (χ0v) is 13.0. The summed E-state index contributed by atoms with van der Waals surface area (Å²) in [6, 6.07) is 8.62. The van der Waals surface area contributed by atoms with Crippen LogP contribution < -0.4 is 5.32 Å². The second-order valence-corrected chi connectivity index (χ2v) is 5.52. The Kier molecular flexibility index (Phi) is 5.57. The molecule has 0 spiro atoms. The normalized spacial score (nSPS) is 12.4. The standard InChI is InChI=1S/C16H15Cl2F2N/c1-2-21-16(11-8-10(17)6-7-13(11)18)9-12-14(19)4-3-5-15(12)20/h3-8,16,21H,2,9H2,1H3. The molecule has 1 atom stereocenters. The number of hydrogen-bond acceptors (Lipinski definition) is 1. The molecule has 1 N–H and O–H groups in total. The first-order chi connectivity index (χ1) is 10.0. The largest absolute Gasteiger partial charge is 0.310 e. The lowest BCUT2D eigenvalue weighted by molar-refractivity contribution is 0.499. The van der Waals surface area contributed by atoms with Gasteiger partial charge in [0.1, 0.15) is 11.6 Å².